The van der Waals surface area contributed by atoms with Crippen LogP contribution in [0.25, 0.3) is 0 Å². The second-order valence-electron chi connectivity index (χ2n) is 2.63. The number of Topliss-reactive ketones (excluding diaryl/α,β-unsaturated/α-hetero) is 1. The summed E-state index contributed by atoms with van der Waals surface area (Å²) in [5, 5.41) is 0. The van der Waals surface area contributed by atoms with Gasteiger partial charge in [-0.15, -0.1) is 0 Å². The largest absolute Gasteiger partial charge is 0.300 e. The highest BCUT2D eigenvalue weighted by atomic mass is 16.1. The van der Waals surface area contributed by atoms with E-state index in [-0.39, 0.29) is 0 Å². The van der Waals surface area contributed by atoms with E-state index in [1.54, 1.807) is 0 Å². The van der Waals surface area contributed by atoms with Crippen molar-refractivity contribution in [2.24, 2.45) is 0 Å². The fourth-order valence-electron chi connectivity index (χ4n) is 1.04. The van der Waals surface area contributed by atoms with E-state index in [1.165, 1.54) is 5.57 Å². The average Bonchev–Trinajstić information content (AvgIpc) is 1.97. The van der Waals surface area contributed by atoms with Crippen molar-refractivity contribution in [3.05, 3.63) is 11.6 Å². The van der Waals surface area contributed by atoms with Gasteiger partial charge in [-0.25, -0.2) is 0 Å². The van der Waals surface area contributed by atoms with E-state index in [2.05, 4.69) is 13.0 Å². The Bertz CT molecular complexity index is 145. The summed E-state index contributed by atoms with van der Waals surface area (Å²) < 4.78 is 0. The molecule has 0 heterocycles. The van der Waals surface area contributed by atoms with Gasteiger partial charge < -0.3 is 0 Å². The fraction of sp³-hybridized carbons (Fsp3) is 0.625. The molecular weight excluding hydrogens is 112 g/mol. The molecule has 0 saturated heterocycles. The number of allylic oxidation sites excluding steroid dienone is 2. The molecule has 1 aliphatic rings. The molecule has 0 unspecified atom stereocenters. The van der Waals surface area contributed by atoms with Crippen molar-refractivity contribution >= 4 is 5.78 Å². The quantitative estimate of drug-likeness (QED) is 0.452. The van der Waals surface area contributed by atoms with Crippen molar-refractivity contribution in [1.82, 2.24) is 0 Å². The van der Waals surface area contributed by atoms with Crippen LogP contribution in [-0.2, 0) is 4.79 Å². The molecule has 0 saturated carbocycles. The predicted octanol–water partition coefficient (Wildman–Crippen LogP) is 2.08. The van der Waals surface area contributed by atoms with Crippen LogP contribution < -0.4 is 0 Å². The molecule has 0 atom stereocenters. The van der Waals surface area contributed by atoms with Gasteiger partial charge in [0.25, 0.3) is 0 Å². The lowest BCUT2D eigenvalue weighted by Gasteiger charge is -1.91. The highest BCUT2D eigenvalue weighted by molar-refractivity contribution is 5.79. The molecular formula is C8H12O. The van der Waals surface area contributed by atoms with Crippen molar-refractivity contribution in [3.8, 4) is 0 Å². The Morgan fingerprint density at radius 1 is 1.33 bits per heavy atom. The van der Waals surface area contributed by atoms with Crippen LogP contribution in [0.3, 0.4) is 0 Å². The summed E-state index contributed by atoms with van der Waals surface area (Å²) in [4.78, 5) is 10.8. The zero-order chi connectivity index (χ0) is 6.69. The van der Waals surface area contributed by atoms with Crippen molar-refractivity contribution in [1.29, 1.82) is 0 Å². The third kappa shape index (κ3) is 2.00. The fourth-order valence-corrected chi connectivity index (χ4v) is 1.04. The topological polar surface area (TPSA) is 17.1 Å². The van der Waals surface area contributed by atoms with Crippen molar-refractivity contribution in [2.45, 2.75) is 32.6 Å². The lowest BCUT2D eigenvalue weighted by molar-refractivity contribution is -0.118. The molecule has 0 fully saturated rings. The van der Waals surface area contributed by atoms with Crippen LogP contribution in [0.15, 0.2) is 11.6 Å². The van der Waals surface area contributed by atoms with Crippen LogP contribution in [0.5, 0.6) is 0 Å². The van der Waals surface area contributed by atoms with E-state index in [4.69, 9.17) is 0 Å². The molecule has 0 aromatic heterocycles. The number of carbonyl (C=O) groups excluding carboxylic acids is 1. The van der Waals surface area contributed by atoms with Gasteiger partial charge in [-0.05, 0) is 19.8 Å². The second-order valence-corrected chi connectivity index (χ2v) is 2.63. The first kappa shape index (κ1) is 6.53. The van der Waals surface area contributed by atoms with Gasteiger partial charge in [-0.2, -0.15) is 0 Å². The third-order valence-electron chi connectivity index (χ3n) is 1.71. The molecule has 0 amide bonds. The maximum Gasteiger partial charge on any atom is 0.133 e. The monoisotopic (exact) mass is 124 g/mol. The van der Waals surface area contributed by atoms with Crippen LogP contribution in [0, 0.1) is 0 Å². The molecule has 0 aromatic carbocycles. The van der Waals surface area contributed by atoms with Crippen LogP contribution in [-0.4, -0.2) is 5.78 Å². The number of carbonyl (C=O) groups is 1. The molecule has 50 valence electrons. The standard InChI is InChI=1S/C8H12O/c1-7-3-2-4-8(9)6-5-7/h3H,2,4-6H2,1H3. The Morgan fingerprint density at radius 3 is 2.89 bits per heavy atom. The highest BCUT2D eigenvalue weighted by Crippen LogP contribution is 2.13. The minimum Gasteiger partial charge on any atom is -0.300 e. The summed E-state index contributed by atoms with van der Waals surface area (Å²) in [6.07, 6.45) is 5.65. The first-order valence-electron chi connectivity index (χ1n) is 3.46. The number of hydrogen-bond acceptors (Lipinski definition) is 1. The van der Waals surface area contributed by atoms with Crippen LogP contribution in [0.1, 0.15) is 32.6 Å². The van der Waals surface area contributed by atoms with Crippen molar-refractivity contribution in [3.63, 3.8) is 0 Å². The van der Waals surface area contributed by atoms with E-state index < -0.39 is 0 Å². The Hall–Kier alpha value is -0.590. The van der Waals surface area contributed by atoms with E-state index in [1.807, 2.05) is 0 Å². The molecule has 0 aromatic rings. The van der Waals surface area contributed by atoms with Gasteiger partial charge in [-0.3, -0.25) is 4.79 Å². The smallest absolute Gasteiger partial charge is 0.133 e. The van der Waals surface area contributed by atoms with E-state index in [0.29, 0.717) is 5.78 Å². The first-order chi connectivity index (χ1) is 4.29. The Labute approximate surface area is 55.8 Å². The molecule has 0 aliphatic heterocycles. The van der Waals surface area contributed by atoms with Crippen LogP contribution in [0.2, 0.25) is 0 Å². The van der Waals surface area contributed by atoms with Gasteiger partial charge >= 0.3 is 0 Å². The number of rotatable bonds is 0. The molecule has 1 heteroatoms. The Morgan fingerprint density at radius 2 is 2.11 bits per heavy atom. The number of hydrogen-bond donors (Lipinski definition) is 0. The van der Waals surface area contributed by atoms with Gasteiger partial charge in [0.1, 0.15) is 5.78 Å². The SMILES string of the molecule is CC1=CCCC(=O)CC1. The van der Waals surface area contributed by atoms with Crippen molar-refractivity contribution in [2.75, 3.05) is 0 Å². The zero-order valence-electron chi connectivity index (χ0n) is 5.81. The van der Waals surface area contributed by atoms with Gasteiger partial charge in [0.15, 0.2) is 0 Å². The maximum atomic E-state index is 10.8. The summed E-state index contributed by atoms with van der Waals surface area (Å²) in [7, 11) is 0. The molecule has 1 rings (SSSR count). The summed E-state index contributed by atoms with van der Waals surface area (Å²) in [6, 6.07) is 0. The Balaban J connectivity index is 2.48. The molecule has 1 nitrogen and oxygen atoms in total. The normalized spacial score (nSPS) is 21.0. The van der Waals surface area contributed by atoms with E-state index in [9.17, 15) is 4.79 Å². The number of ketones is 1. The van der Waals surface area contributed by atoms with Gasteiger partial charge in [0.2, 0.25) is 0 Å². The Kier molecular flexibility index (Phi) is 2.04. The minimum absolute atomic E-state index is 0.420. The van der Waals surface area contributed by atoms with Gasteiger partial charge in [-0.1, -0.05) is 11.6 Å². The molecule has 0 radical (unpaired) electrons. The lowest BCUT2D eigenvalue weighted by Crippen LogP contribution is -1.92. The van der Waals surface area contributed by atoms with Crippen molar-refractivity contribution < 1.29 is 4.79 Å². The molecule has 0 bridgehead atoms. The zero-order valence-corrected chi connectivity index (χ0v) is 5.81. The second kappa shape index (κ2) is 2.81. The summed E-state index contributed by atoms with van der Waals surface area (Å²) in [6.45, 7) is 2.10. The maximum absolute atomic E-state index is 10.8. The average molecular weight is 124 g/mol. The van der Waals surface area contributed by atoms with Gasteiger partial charge in [0, 0.05) is 12.8 Å². The molecule has 0 spiro atoms. The van der Waals surface area contributed by atoms with Crippen LogP contribution >= 0.6 is 0 Å². The summed E-state index contributed by atoms with van der Waals surface area (Å²) >= 11 is 0. The van der Waals surface area contributed by atoms with E-state index in [0.717, 1.165) is 25.7 Å². The lowest BCUT2D eigenvalue weighted by atomic mass is 10.1. The highest BCUT2D eigenvalue weighted by Gasteiger charge is 2.04. The predicted molar refractivity (Wildman–Crippen MR) is 37.2 cm³/mol. The molecule has 0 N–H and O–H groups in total. The first-order valence-corrected chi connectivity index (χ1v) is 3.46. The summed E-state index contributed by atoms with van der Waals surface area (Å²) in [5.41, 5.74) is 1.38. The van der Waals surface area contributed by atoms with Crippen LogP contribution in [0.4, 0.5) is 0 Å². The third-order valence-corrected chi connectivity index (χ3v) is 1.71. The minimum atomic E-state index is 0.420. The van der Waals surface area contributed by atoms with Gasteiger partial charge in [0.05, 0.1) is 0 Å². The molecule has 1 aliphatic carbocycles. The summed E-state index contributed by atoms with van der Waals surface area (Å²) in [5.74, 6) is 0.420. The van der Waals surface area contributed by atoms with E-state index >= 15 is 0 Å². The molecule has 9 heavy (non-hydrogen) atoms.